The maximum atomic E-state index is 9.39. The molecule has 7 nitrogen and oxygen atoms in total. The molecule has 2 heterocycles. The Bertz CT molecular complexity index is 840. The second-order valence-electron chi connectivity index (χ2n) is 6.50. The van der Waals surface area contributed by atoms with Crippen LogP contribution in [-0.2, 0) is 0 Å². The van der Waals surface area contributed by atoms with Gasteiger partial charge < -0.3 is 14.8 Å². The third kappa shape index (κ3) is 3.65. The van der Waals surface area contributed by atoms with E-state index in [0.717, 1.165) is 11.2 Å². The number of aromatic hydroxyl groups is 1. The quantitative estimate of drug-likeness (QED) is 0.620. The number of anilines is 2. The Kier molecular flexibility index (Phi) is 4.37. The molecule has 0 unspecified atom stereocenters. The Labute approximate surface area is 145 Å². The van der Waals surface area contributed by atoms with Crippen LogP contribution in [0.4, 0.5) is 11.6 Å². The van der Waals surface area contributed by atoms with Crippen LogP contribution in [0.2, 0.25) is 0 Å². The Hall–Kier alpha value is -2.83. The van der Waals surface area contributed by atoms with E-state index in [1.165, 1.54) is 32.1 Å². The molecule has 1 saturated carbocycles. The van der Waals surface area contributed by atoms with Crippen LogP contribution in [0.15, 0.2) is 30.6 Å². The Morgan fingerprint density at radius 3 is 2.80 bits per heavy atom. The number of hydrogen-bond acceptors (Lipinski definition) is 5. The van der Waals surface area contributed by atoms with Crippen LogP contribution in [0.3, 0.4) is 0 Å². The summed E-state index contributed by atoms with van der Waals surface area (Å²) < 4.78 is 6.07. The van der Waals surface area contributed by atoms with Gasteiger partial charge >= 0.3 is 5.95 Å². The van der Waals surface area contributed by atoms with Gasteiger partial charge in [-0.15, -0.1) is 0 Å². The number of fused-ring (bicyclic) bond motifs is 1. The first-order chi connectivity index (χ1) is 12.3. The van der Waals surface area contributed by atoms with E-state index in [0.29, 0.717) is 30.0 Å². The van der Waals surface area contributed by atoms with Crippen molar-refractivity contribution in [2.24, 2.45) is 5.92 Å². The number of H-pyrrole nitrogens is 2. The van der Waals surface area contributed by atoms with Crippen LogP contribution >= 0.6 is 0 Å². The maximum absolute atomic E-state index is 9.39. The largest absolute Gasteiger partial charge is 0.508 e. The van der Waals surface area contributed by atoms with Crippen molar-refractivity contribution in [3.63, 3.8) is 0 Å². The molecule has 0 saturated heterocycles. The van der Waals surface area contributed by atoms with E-state index >= 15 is 0 Å². The van der Waals surface area contributed by atoms with Crippen molar-refractivity contribution in [3.8, 4) is 11.6 Å². The number of benzene rings is 1. The summed E-state index contributed by atoms with van der Waals surface area (Å²) in [4.78, 5) is 15.0. The molecule has 25 heavy (non-hydrogen) atoms. The lowest BCUT2D eigenvalue weighted by Crippen LogP contribution is -2.21. The third-order valence-electron chi connectivity index (χ3n) is 4.61. The van der Waals surface area contributed by atoms with Gasteiger partial charge in [0, 0.05) is 0 Å². The number of rotatable bonds is 5. The standard InChI is InChI=1S/C18H21N5O2/c24-14-8-6-13(7-9-14)21-18-22-16-15(19-11-20-16)17(23-18)25-10-12-4-2-1-3-5-12/h6-9,11-12,24H,1-5,10H2,(H2,19,20,21,22,23)/p+1. The summed E-state index contributed by atoms with van der Waals surface area (Å²) in [5, 5.41) is 12.6. The number of nitrogens with one attached hydrogen (secondary N) is 3. The minimum absolute atomic E-state index is 0.224. The third-order valence-corrected chi connectivity index (χ3v) is 4.61. The first-order valence-corrected chi connectivity index (χ1v) is 8.73. The van der Waals surface area contributed by atoms with Gasteiger partial charge in [-0.05, 0) is 48.0 Å². The van der Waals surface area contributed by atoms with Crippen molar-refractivity contribution in [1.29, 1.82) is 0 Å². The second kappa shape index (κ2) is 6.96. The molecule has 0 bridgehead atoms. The lowest BCUT2D eigenvalue weighted by atomic mass is 9.90. The van der Waals surface area contributed by atoms with Gasteiger partial charge in [0.05, 0.1) is 18.6 Å². The average Bonchev–Trinajstić information content (AvgIpc) is 3.11. The van der Waals surface area contributed by atoms with Crippen molar-refractivity contribution >= 4 is 22.8 Å². The molecule has 0 spiro atoms. The number of phenols is 1. The van der Waals surface area contributed by atoms with Crippen LogP contribution in [0.5, 0.6) is 11.6 Å². The zero-order valence-corrected chi connectivity index (χ0v) is 14.0. The molecule has 2 aromatic heterocycles. The molecule has 4 rings (SSSR count). The number of phenolic OH excluding ortho intramolecular Hbond substituents is 1. The molecule has 1 aromatic carbocycles. The van der Waals surface area contributed by atoms with Crippen LogP contribution in [0.1, 0.15) is 32.1 Å². The number of ether oxygens (including phenoxy) is 1. The zero-order chi connectivity index (χ0) is 17.1. The molecular formula is C18H22N5O2+. The summed E-state index contributed by atoms with van der Waals surface area (Å²) in [7, 11) is 0. The maximum Gasteiger partial charge on any atom is 0.399 e. The number of imidazole rings is 1. The lowest BCUT2D eigenvalue weighted by Gasteiger charge is -2.21. The van der Waals surface area contributed by atoms with Gasteiger partial charge in [0.1, 0.15) is 5.75 Å². The van der Waals surface area contributed by atoms with Crippen LogP contribution in [0, 0.1) is 5.92 Å². The second-order valence-corrected chi connectivity index (χ2v) is 6.50. The van der Waals surface area contributed by atoms with Crippen molar-refractivity contribution < 1.29 is 14.8 Å². The molecule has 1 aliphatic carbocycles. The summed E-state index contributed by atoms with van der Waals surface area (Å²) in [6, 6.07) is 6.80. The molecule has 0 radical (unpaired) electrons. The fraction of sp³-hybridized carbons (Fsp3) is 0.389. The highest BCUT2D eigenvalue weighted by Crippen LogP contribution is 2.25. The highest BCUT2D eigenvalue weighted by atomic mass is 16.5. The molecular weight excluding hydrogens is 318 g/mol. The van der Waals surface area contributed by atoms with Gasteiger partial charge in [0.15, 0.2) is 5.52 Å². The van der Waals surface area contributed by atoms with E-state index in [4.69, 9.17) is 4.74 Å². The van der Waals surface area contributed by atoms with Crippen LogP contribution < -0.4 is 15.0 Å². The molecule has 3 aromatic rings. The molecule has 130 valence electrons. The van der Waals surface area contributed by atoms with E-state index in [2.05, 4.69) is 25.3 Å². The Morgan fingerprint density at radius 2 is 2.00 bits per heavy atom. The van der Waals surface area contributed by atoms with Gasteiger partial charge in [-0.2, -0.15) is 0 Å². The van der Waals surface area contributed by atoms with Crippen LogP contribution in [-0.4, -0.2) is 26.7 Å². The van der Waals surface area contributed by atoms with E-state index < -0.39 is 0 Å². The zero-order valence-electron chi connectivity index (χ0n) is 14.0. The SMILES string of the molecule is Oc1ccc(Nc2nc3nc[nH]c3c(OCC3CCCCC3)[nH+]2)cc1. The fourth-order valence-corrected chi connectivity index (χ4v) is 3.25. The molecule has 1 fully saturated rings. The van der Waals surface area contributed by atoms with Crippen molar-refractivity contribution in [3.05, 3.63) is 30.6 Å². The summed E-state index contributed by atoms with van der Waals surface area (Å²) >= 11 is 0. The minimum atomic E-state index is 0.224. The van der Waals surface area contributed by atoms with Crippen molar-refractivity contribution in [2.75, 3.05) is 11.9 Å². The monoisotopic (exact) mass is 340 g/mol. The van der Waals surface area contributed by atoms with Gasteiger partial charge in [-0.25, -0.2) is 15.3 Å². The fourth-order valence-electron chi connectivity index (χ4n) is 3.25. The van der Waals surface area contributed by atoms with E-state index in [9.17, 15) is 5.11 Å². The minimum Gasteiger partial charge on any atom is -0.508 e. The molecule has 0 amide bonds. The van der Waals surface area contributed by atoms with Crippen LogP contribution in [0.25, 0.3) is 11.2 Å². The normalized spacial score (nSPS) is 15.4. The number of aromatic nitrogens is 4. The van der Waals surface area contributed by atoms with Crippen molar-refractivity contribution in [1.82, 2.24) is 15.0 Å². The Balaban J connectivity index is 1.54. The number of nitrogens with zero attached hydrogens (tertiary/aromatic N) is 2. The molecule has 0 aliphatic heterocycles. The summed E-state index contributed by atoms with van der Waals surface area (Å²) in [6.45, 7) is 0.702. The molecule has 4 N–H and O–H groups in total. The van der Waals surface area contributed by atoms with Gasteiger partial charge in [0.2, 0.25) is 0 Å². The summed E-state index contributed by atoms with van der Waals surface area (Å²) in [5.41, 5.74) is 2.18. The van der Waals surface area contributed by atoms with Gasteiger partial charge in [-0.3, -0.25) is 0 Å². The first kappa shape index (κ1) is 15.7. The summed E-state index contributed by atoms with van der Waals surface area (Å²) in [5.74, 6) is 2.03. The predicted octanol–water partition coefficient (Wildman–Crippen LogP) is 3.18. The van der Waals surface area contributed by atoms with Crippen molar-refractivity contribution in [2.45, 2.75) is 32.1 Å². The highest BCUT2D eigenvalue weighted by Gasteiger charge is 2.20. The predicted molar refractivity (Wildman–Crippen MR) is 93.9 cm³/mol. The molecule has 0 atom stereocenters. The topological polar surface area (TPSA) is 97.2 Å². The van der Waals surface area contributed by atoms with E-state index in [1.807, 2.05) is 0 Å². The number of aromatic amines is 2. The molecule has 1 aliphatic rings. The lowest BCUT2D eigenvalue weighted by molar-refractivity contribution is -0.380. The average molecular weight is 340 g/mol. The van der Waals surface area contributed by atoms with E-state index in [-0.39, 0.29) is 5.75 Å². The first-order valence-electron chi connectivity index (χ1n) is 8.73. The summed E-state index contributed by atoms with van der Waals surface area (Å²) in [6.07, 6.45) is 8.00. The van der Waals surface area contributed by atoms with Gasteiger partial charge in [-0.1, -0.05) is 19.3 Å². The van der Waals surface area contributed by atoms with E-state index in [1.54, 1.807) is 30.6 Å². The number of hydrogen-bond donors (Lipinski definition) is 3. The smallest absolute Gasteiger partial charge is 0.399 e. The Morgan fingerprint density at radius 1 is 1.20 bits per heavy atom. The highest BCUT2D eigenvalue weighted by molar-refractivity contribution is 5.75. The van der Waals surface area contributed by atoms with Gasteiger partial charge in [0.25, 0.3) is 11.5 Å². The molecule has 7 heteroatoms.